The Hall–Kier alpha value is -0.960. The van der Waals surface area contributed by atoms with Crippen molar-refractivity contribution >= 4 is 15.9 Å². The van der Waals surface area contributed by atoms with Gasteiger partial charge in [0.15, 0.2) is 6.79 Å². The summed E-state index contributed by atoms with van der Waals surface area (Å²) in [5.74, 6) is -0.583. The molecule has 0 radical (unpaired) electrons. The van der Waals surface area contributed by atoms with Gasteiger partial charge >= 0.3 is 12.4 Å². The monoisotopic (exact) mass is 366 g/mol. The van der Waals surface area contributed by atoms with Crippen LogP contribution < -0.4 is 4.74 Å². The van der Waals surface area contributed by atoms with Gasteiger partial charge in [0.25, 0.3) is 0 Å². The first-order chi connectivity index (χ1) is 9.07. The van der Waals surface area contributed by atoms with Crippen LogP contribution in [0.2, 0.25) is 0 Å². The fourth-order valence-electron chi connectivity index (χ4n) is 1.26. The molecule has 0 amide bonds. The first-order valence-electron chi connectivity index (χ1n) is 5.25. The number of hydrogen-bond acceptors (Lipinski definition) is 2. The highest BCUT2D eigenvalue weighted by Gasteiger charge is 2.39. The van der Waals surface area contributed by atoms with Gasteiger partial charge in [-0.2, -0.15) is 26.3 Å². The van der Waals surface area contributed by atoms with Crippen LogP contribution in [-0.4, -0.2) is 13.4 Å². The number of hydrogen-bond donors (Lipinski definition) is 0. The van der Waals surface area contributed by atoms with Crippen molar-refractivity contribution in [2.75, 3.05) is 13.4 Å². The minimum absolute atomic E-state index is 0.0254. The van der Waals surface area contributed by atoms with Crippen molar-refractivity contribution in [2.45, 2.75) is 19.3 Å². The van der Waals surface area contributed by atoms with Crippen molar-refractivity contribution in [3.05, 3.63) is 27.7 Å². The van der Waals surface area contributed by atoms with Gasteiger partial charge in [0, 0.05) is 6.61 Å². The SMILES string of the molecule is CCOCOc1cc(C(F)(F)F)cc(C(F)(F)F)c1Br. The van der Waals surface area contributed by atoms with E-state index in [1.807, 2.05) is 0 Å². The summed E-state index contributed by atoms with van der Waals surface area (Å²) in [4.78, 5) is 0. The Balaban J connectivity index is 3.28. The van der Waals surface area contributed by atoms with Crippen molar-refractivity contribution in [2.24, 2.45) is 0 Å². The van der Waals surface area contributed by atoms with Gasteiger partial charge in [0.2, 0.25) is 0 Å². The Bertz CT molecular complexity index is 469. The summed E-state index contributed by atoms with van der Waals surface area (Å²) in [6.07, 6.45) is -9.85. The van der Waals surface area contributed by atoms with Crippen molar-refractivity contribution in [3.63, 3.8) is 0 Å². The zero-order chi connectivity index (χ0) is 15.6. The molecule has 0 spiro atoms. The summed E-state index contributed by atoms with van der Waals surface area (Å²) in [7, 11) is 0. The molecular formula is C11H9BrF6O2. The highest BCUT2D eigenvalue weighted by atomic mass is 79.9. The topological polar surface area (TPSA) is 18.5 Å². The first-order valence-corrected chi connectivity index (χ1v) is 6.05. The smallest absolute Gasteiger partial charge is 0.417 e. The molecule has 0 N–H and O–H groups in total. The molecule has 0 saturated carbocycles. The number of rotatable bonds is 4. The van der Waals surface area contributed by atoms with Gasteiger partial charge in [-0.05, 0) is 35.0 Å². The average molecular weight is 367 g/mol. The molecule has 0 aliphatic heterocycles. The highest BCUT2D eigenvalue weighted by molar-refractivity contribution is 9.10. The van der Waals surface area contributed by atoms with Gasteiger partial charge in [-0.3, -0.25) is 0 Å². The molecule has 0 unspecified atom stereocenters. The van der Waals surface area contributed by atoms with Crippen molar-refractivity contribution < 1.29 is 35.8 Å². The lowest BCUT2D eigenvalue weighted by atomic mass is 10.1. The van der Waals surface area contributed by atoms with Gasteiger partial charge in [0.05, 0.1) is 15.6 Å². The third-order valence-electron chi connectivity index (χ3n) is 2.17. The van der Waals surface area contributed by atoms with Crippen LogP contribution in [0.5, 0.6) is 5.75 Å². The lowest BCUT2D eigenvalue weighted by molar-refractivity contribution is -0.143. The second-order valence-electron chi connectivity index (χ2n) is 3.59. The zero-order valence-electron chi connectivity index (χ0n) is 10.0. The maximum Gasteiger partial charge on any atom is 0.417 e. The molecule has 1 rings (SSSR count). The molecule has 0 saturated heterocycles. The number of halogens is 7. The summed E-state index contributed by atoms with van der Waals surface area (Å²) in [6.45, 7) is 1.36. The van der Waals surface area contributed by atoms with E-state index in [1.54, 1.807) is 6.92 Å². The first kappa shape index (κ1) is 17.1. The van der Waals surface area contributed by atoms with E-state index in [4.69, 9.17) is 9.47 Å². The molecule has 0 fully saturated rings. The molecule has 9 heteroatoms. The second kappa shape index (κ2) is 6.21. The molecule has 1 aromatic carbocycles. The Kier molecular flexibility index (Phi) is 5.31. The molecule has 0 heterocycles. The van der Waals surface area contributed by atoms with Crippen molar-refractivity contribution in [3.8, 4) is 5.75 Å². The Morgan fingerprint density at radius 2 is 1.65 bits per heavy atom. The van der Waals surface area contributed by atoms with Crippen LogP contribution in [0.15, 0.2) is 16.6 Å². The van der Waals surface area contributed by atoms with E-state index in [9.17, 15) is 26.3 Å². The van der Waals surface area contributed by atoms with E-state index in [0.29, 0.717) is 6.07 Å². The quantitative estimate of drug-likeness (QED) is 0.430. The minimum atomic E-state index is -4.94. The minimum Gasteiger partial charge on any atom is -0.466 e. The van der Waals surface area contributed by atoms with Gasteiger partial charge < -0.3 is 9.47 Å². The zero-order valence-corrected chi connectivity index (χ0v) is 11.6. The number of benzene rings is 1. The van der Waals surface area contributed by atoms with E-state index >= 15 is 0 Å². The van der Waals surface area contributed by atoms with Crippen LogP contribution in [0.4, 0.5) is 26.3 Å². The predicted octanol–water partition coefficient (Wildman–Crippen LogP) is 4.86. The number of alkyl halides is 6. The molecule has 0 aliphatic carbocycles. The maximum absolute atomic E-state index is 12.7. The van der Waals surface area contributed by atoms with Crippen molar-refractivity contribution in [1.29, 1.82) is 0 Å². The largest absolute Gasteiger partial charge is 0.466 e. The molecule has 0 aliphatic rings. The van der Waals surface area contributed by atoms with Crippen LogP contribution >= 0.6 is 15.9 Å². The molecular weight excluding hydrogens is 358 g/mol. The fourth-order valence-corrected chi connectivity index (χ4v) is 1.83. The van der Waals surface area contributed by atoms with E-state index in [0.717, 1.165) is 0 Å². The van der Waals surface area contributed by atoms with Gasteiger partial charge in [-0.15, -0.1) is 0 Å². The molecule has 114 valence electrons. The average Bonchev–Trinajstić information content (AvgIpc) is 2.28. The standard InChI is InChI=1S/C11H9BrF6O2/c1-2-19-5-20-8-4-6(10(13,14)15)3-7(9(8)12)11(16,17)18/h3-4H,2,5H2,1H3. The Morgan fingerprint density at radius 3 is 2.10 bits per heavy atom. The van der Waals surface area contributed by atoms with Gasteiger partial charge in [-0.25, -0.2) is 0 Å². The third kappa shape index (κ3) is 4.27. The maximum atomic E-state index is 12.7. The molecule has 0 aromatic heterocycles. The lowest BCUT2D eigenvalue weighted by Crippen LogP contribution is -2.13. The number of ether oxygens (including phenoxy) is 2. The van der Waals surface area contributed by atoms with Gasteiger partial charge in [-0.1, -0.05) is 0 Å². The summed E-state index contributed by atoms with van der Waals surface area (Å²) < 4.78 is 84.8. The fraction of sp³-hybridized carbons (Fsp3) is 0.455. The molecule has 1 aromatic rings. The molecule has 0 atom stereocenters. The van der Waals surface area contributed by atoms with E-state index in [2.05, 4.69) is 15.9 Å². The van der Waals surface area contributed by atoms with E-state index < -0.39 is 40.5 Å². The summed E-state index contributed by atoms with van der Waals surface area (Å²) in [6, 6.07) is 0.510. The molecule has 2 nitrogen and oxygen atoms in total. The summed E-state index contributed by atoms with van der Waals surface area (Å²) in [5.41, 5.74) is -2.90. The summed E-state index contributed by atoms with van der Waals surface area (Å²) >= 11 is 2.60. The van der Waals surface area contributed by atoms with Crippen LogP contribution in [-0.2, 0) is 17.1 Å². The van der Waals surface area contributed by atoms with Crippen molar-refractivity contribution in [1.82, 2.24) is 0 Å². The van der Waals surface area contributed by atoms with Crippen LogP contribution in [0.25, 0.3) is 0 Å². The third-order valence-corrected chi connectivity index (χ3v) is 2.99. The van der Waals surface area contributed by atoms with Crippen LogP contribution in [0.3, 0.4) is 0 Å². The second-order valence-corrected chi connectivity index (χ2v) is 4.38. The Morgan fingerprint density at radius 1 is 1.05 bits per heavy atom. The lowest BCUT2D eigenvalue weighted by Gasteiger charge is -2.17. The highest BCUT2D eigenvalue weighted by Crippen LogP contribution is 2.43. The summed E-state index contributed by atoms with van der Waals surface area (Å²) in [5, 5.41) is 0. The predicted molar refractivity (Wildman–Crippen MR) is 61.3 cm³/mol. The van der Waals surface area contributed by atoms with E-state index in [1.165, 1.54) is 0 Å². The van der Waals surface area contributed by atoms with Crippen LogP contribution in [0, 0.1) is 0 Å². The normalized spacial score (nSPS) is 12.6. The van der Waals surface area contributed by atoms with E-state index in [-0.39, 0.29) is 12.7 Å². The molecule has 20 heavy (non-hydrogen) atoms. The Labute approximate surface area is 118 Å². The van der Waals surface area contributed by atoms with Gasteiger partial charge in [0.1, 0.15) is 5.75 Å². The van der Waals surface area contributed by atoms with Crippen LogP contribution in [0.1, 0.15) is 18.1 Å². The molecule has 0 bridgehead atoms.